The molecule has 0 aromatic heterocycles. The molecule has 0 unspecified atom stereocenters. The molecule has 190 valence electrons. The van der Waals surface area contributed by atoms with Gasteiger partial charge in [0, 0.05) is 7.11 Å². The van der Waals surface area contributed by atoms with E-state index in [0.29, 0.717) is 6.42 Å². The summed E-state index contributed by atoms with van der Waals surface area (Å²) in [5.41, 5.74) is 0.841. The van der Waals surface area contributed by atoms with Crippen LogP contribution in [0.3, 0.4) is 0 Å². The highest BCUT2D eigenvalue weighted by Crippen LogP contribution is 2.20. The molecule has 1 rings (SSSR count). The summed E-state index contributed by atoms with van der Waals surface area (Å²) < 4.78 is 10.7. The van der Waals surface area contributed by atoms with E-state index >= 15 is 0 Å². The maximum Gasteiger partial charge on any atom is 0.329 e. The molecule has 0 radical (unpaired) electrons. The van der Waals surface area contributed by atoms with Crippen molar-refractivity contribution >= 4 is 24.1 Å². The number of nitrogens with one attached hydrogen (secondary N) is 2. The van der Waals surface area contributed by atoms with Gasteiger partial charge in [0.15, 0.2) is 0 Å². The second-order valence-electron chi connectivity index (χ2n) is 9.31. The molecule has 2 N–H and O–H groups in total. The molecule has 0 aliphatic carbocycles. The van der Waals surface area contributed by atoms with Gasteiger partial charge in [0.1, 0.15) is 31.1 Å². The standard InChI is InChI=1S/C26H40N2O6/c1-8-18(6)20(14-29)23(33-7)25(31)27-21(16(2)3)24(30)28-22(17(4)5)26(32)34-15-19-12-10-9-11-13-19/h9-14,16-18,20-23H,8,15H2,1-7H3,(H,27,31)(H,28,30)/t18-,20-,21-,22-,23+/m0/s1. The summed E-state index contributed by atoms with van der Waals surface area (Å²) in [6.07, 6.45) is 0.411. The Balaban J connectivity index is 2.92. The van der Waals surface area contributed by atoms with Crippen LogP contribution in [0, 0.1) is 23.7 Å². The highest BCUT2D eigenvalue weighted by atomic mass is 16.5. The van der Waals surface area contributed by atoms with Crippen LogP contribution in [0.5, 0.6) is 0 Å². The quantitative estimate of drug-likeness (QED) is 0.316. The summed E-state index contributed by atoms with van der Waals surface area (Å²) in [4.78, 5) is 50.4. The van der Waals surface area contributed by atoms with Crippen LogP contribution in [-0.4, -0.2) is 49.4 Å². The first-order valence-electron chi connectivity index (χ1n) is 11.9. The van der Waals surface area contributed by atoms with Crippen molar-refractivity contribution in [1.29, 1.82) is 0 Å². The van der Waals surface area contributed by atoms with E-state index in [4.69, 9.17) is 9.47 Å². The Morgan fingerprint density at radius 3 is 1.94 bits per heavy atom. The van der Waals surface area contributed by atoms with Crippen LogP contribution in [-0.2, 0) is 35.3 Å². The van der Waals surface area contributed by atoms with Crippen LogP contribution in [0.2, 0.25) is 0 Å². The number of benzene rings is 1. The van der Waals surface area contributed by atoms with Crippen molar-refractivity contribution in [3.05, 3.63) is 35.9 Å². The Morgan fingerprint density at radius 1 is 0.912 bits per heavy atom. The van der Waals surface area contributed by atoms with Gasteiger partial charge in [-0.25, -0.2) is 4.79 Å². The van der Waals surface area contributed by atoms with Crippen molar-refractivity contribution in [2.24, 2.45) is 23.7 Å². The second kappa shape index (κ2) is 14.5. The number of carbonyl (C=O) groups excluding carboxylic acids is 4. The van der Waals surface area contributed by atoms with Crippen LogP contribution >= 0.6 is 0 Å². The number of amides is 2. The summed E-state index contributed by atoms with van der Waals surface area (Å²) in [6, 6.07) is 7.47. The van der Waals surface area contributed by atoms with Crippen molar-refractivity contribution in [3.8, 4) is 0 Å². The summed E-state index contributed by atoms with van der Waals surface area (Å²) in [5.74, 6) is -2.79. The first-order chi connectivity index (χ1) is 16.1. The van der Waals surface area contributed by atoms with Gasteiger partial charge in [-0.15, -0.1) is 0 Å². The Bertz CT molecular complexity index is 796. The number of hydrogen-bond donors (Lipinski definition) is 2. The molecule has 1 aromatic carbocycles. The third kappa shape index (κ3) is 8.56. The predicted octanol–water partition coefficient (Wildman–Crippen LogP) is 2.89. The molecule has 0 saturated carbocycles. The lowest BCUT2D eigenvalue weighted by atomic mass is 9.87. The minimum Gasteiger partial charge on any atom is -0.459 e. The normalized spacial score (nSPS) is 15.7. The van der Waals surface area contributed by atoms with E-state index in [1.807, 2.05) is 44.2 Å². The number of methoxy groups -OCH3 is 1. The van der Waals surface area contributed by atoms with E-state index in [0.717, 1.165) is 11.8 Å². The number of aldehydes is 1. The summed E-state index contributed by atoms with van der Waals surface area (Å²) in [6.45, 7) is 11.1. The fourth-order valence-corrected chi connectivity index (χ4v) is 3.54. The average Bonchev–Trinajstić information content (AvgIpc) is 2.82. The summed E-state index contributed by atoms with van der Waals surface area (Å²) in [5, 5.41) is 5.45. The predicted molar refractivity (Wildman–Crippen MR) is 130 cm³/mol. The number of rotatable bonds is 14. The molecule has 8 nitrogen and oxygen atoms in total. The van der Waals surface area contributed by atoms with Gasteiger partial charge in [-0.1, -0.05) is 78.3 Å². The Kier molecular flexibility index (Phi) is 12.5. The zero-order valence-electron chi connectivity index (χ0n) is 21.4. The molecular formula is C26H40N2O6. The number of hydrogen-bond acceptors (Lipinski definition) is 6. The third-order valence-electron chi connectivity index (χ3n) is 6.01. The zero-order valence-corrected chi connectivity index (χ0v) is 21.4. The van der Waals surface area contributed by atoms with Crippen molar-refractivity contribution in [3.63, 3.8) is 0 Å². The molecule has 0 fully saturated rings. The van der Waals surface area contributed by atoms with Crippen molar-refractivity contribution in [2.45, 2.75) is 72.8 Å². The largest absolute Gasteiger partial charge is 0.459 e. The van der Waals surface area contributed by atoms with Gasteiger partial charge in [-0.3, -0.25) is 9.59 Å². The third-order valence-corrected chi connectivity index (χ3v) is 6.01. The van der Waals surface area contributed by atoms with Gasteiger partial charge in [-0.2, -0.15) is 0 Å². The SMILES string of the molecule is CC[C@H](C)[C@H](C=O)[C@@H](OC)C(=O)N[C@H](C(=O)N[C@H](C(=O)OCc1ccccc1)C(C)C)C(C)C. The zero-order chi connectivity index (χ0) is 25.8. The van der Waals surface area contributed by atoms with Crippen LogP contribution in [0.15, 0.2) is 30.3 Å². The molecule has 0 heterocycles. The molecule has 0 spiro atoms. The lowest BCUT2D eigenvalue weighted by molar-refractivity contribution is -0.151. The molecule has 0 saturated heterocycles. The van der Waals surface area contributed by atoms with E-state index in [-0.39, 0.29) is 24.4 Å². The molecular weight excluding hydrogens is 436 g/mol. The van der Waals surface area contributed by atoms with Gasteiger partial charge in [0.25, 0.3) is 5.91 Å². The first-order valence-corrected chi connectivity index (χ1v) is 11.9. The Morgan fingerprint density at radius 2 is 1.47 bits per heavy atom. The number of ether oxygens (including phenoxy) is 2. The lowest BCUT2D eigenvalue weighted by Gasteiger charge is -2.30. The molecule has 2 amide bonds. The Hall–Kier alpha value is -2.74. The highest BCUT2D eigenvalue weighted by molar-refractivity contribution is 5.92. The van der Waals surface area contributed by atoms with Crippen molar-refractivity contribution < 1.29 is 28.7 Å². The minimum atomic E-state index is -1.02. The summed E-state index contributed by atoms with van der Waals surface area (Å²) >= 11 is 0. The van der Waals surface area contributed by atoms with E-state index in [2.05, 4.69) is 10.6 Å². The maximum absolute atomic E-state index is 13.1. The van der Waals surface area contributed by atoms with E-state index in [9.17, 15) is 19.2 Å². The van der Waals surface area contributed by atoms with E-state index in [1.165, 1.54) is 7.11 Å². The maximum atomic E-state index is 13.1. The van der Waals surface area contributed by atoms with Crippen LogP contribution in [0.4, 0.5) is 0 Å². The van der Waals surface area contributed by atoms with Gasteiger partial charge < -0.3 is 24.9 Å². The van der Waals surface area contributed by atoms with Crippen LogP contribution < -0.4 is 10.6 Å². The molecule has 0 aliphatic rings. The number of carbonyl (C=O) groups is 4. The average molecular weight is 477 g/mol. The minimum absolute atomic E-state index is 0.0655. The first kappa shape index (κ1) is 29.3. The van der Waals surface area contributed by atoms with E-state index < -0.39 is 41.9 Å². The lowest BCUT2D eigenvalue weighted by Crippen LogP contribution is -2.57. The number of esters is 1. The van der Waals surface area contributed by atoms with Gasteiger partial charge in [0.2, 0.25) is 5.91 Å². The molecule has 34 heavy (non-hydrogen) atoms. The van der Waals surface area contributed by atoms with Gasteiger partial charge in [-0.05, 0) is 23.3 Å². The van der Waals surface area contributed by atoms with E-state index in [1.54, 1.807) is 27.7 Å². The highest BCUT2D eigenvalue weighted by Gasteiger charge is 2.36. The molecule has 5 atom stereocenters. The fourth-order valence-electron chi connectivity index (χ4n) is 3.54. The van der Waals surface area contributed by atoms with Crippen molar-refractivity contribution in [2.75, 3.05) is 7.11 Å². The Labute approximate surface area is 203 Å². The molecule has 0 bridgehead atoms. The van der Waals surface area contributed by atoms with Crippen LogP contribution in [0.25, 0.3) is 0 Å². The van der Waals surface area contributed by atoms with Crippen LogP contribution in [0.1, 0.15) is 53.5 Å². The van der Waals surface area contributed by atoms with Crippen molar-refractivity contribution in [1.82, 2.24) is 10.6 Å². The van der Waals surface area contributed by atoms with Gasteiger partial charge in [0.05, 0.1) is 5.92 Å². The smallest absolute Gasteiger partial charge is 0.329 e. The fraction of sp³-hybridized carbons (Fsp3) is 0.615. The summed E-state index contributed by atoms with van der Waals surface area (Å²) in [7, 11) is 1.37. The topological polar surface area (TPSA) is 111 Å². The molecule has 0 aliphatic heterocycles. The molecule has 1 aromatic rings. The second-order valence-corrected chi connectivity index (χ2v) is 9.31. The molecule has 8 heteroatoms. The monoisotopic (exact) mass is 476 g/mol. The van der Waals surface area contributed by atoms with Gasteiger partial charge >= 0.3 is 5.97 Å².